The minimum Gasteiger partial charge on any atom is -0.497 e. The van der Waals surface area contributed by atoms with Gasteiger partial charge in [-0.1, -0.05) is 0 Å². The number of aromatic amines is 1. The molecule has 0 bridgehead atoms. The lowest BCUT2D eigenvalue weighted by molar-refractivity contribution is 0.0950. The zero-order valence-electron chi connectivity index (χ0n) is 17.8. The van der Waals surface area contributed by atoms with E-state index in [-0.39, 0.29) is 11.7 Å². The second-order valence-corrected chi connectivity index (χ2v) is 7.19. The van der Waals surface area contributed by atoms with Crippen molar-refractivity contribution < 1.29 is 18.7 Å². The first kappa shape index (κ1) is 21.5. The van der Waals surface area contributed by atoms with Crippen LogP contribution in [0.25, 0.3) is 33.5 Å². The van der Waals surface area contributed by atoms with Crippen LogP contribution in [-0.4, -0.2) is 48.5 Å². The van der Waals surface area contributed by atoms with Crippen molar-refractivity contribution in [3.05, 3.63) is 66.0 Å². The van der Waals surface area contributed by atoms with E-state index in [0.29, 0.717) is 53.1 Å². The van der Waals surface area contributed by atoms with Crippen LogP contribution in [0.5, 0.6) is 5.75 Å². The predicted octanol–water partition coefficient (Wildman–Crippen LogP) is 4.21. The summed E-state index contributed by atoms with van der Waals surface area (Å²) in [7, 11) is 3.22. The lowest BCUT2D eigenvalue weighted by Crippen LogP contribution is -2.25. The minimum absolute atomic E-state index is 0.243. The summed E-state index contributed by atoms with van der Waals surface area (Å²) < 4.78 is 23.7. The SMILES string of the molecule is COCCCNC(=O)c1cc(-c2ccc(OC)cc2)nc2n[nH]c(-c3ccc(F)cc3)c12. The Kier molecular flexibility index (Phi) is 6.42. The fourth-order valence-electron chi connectivity index (χ4n) is 3.45. The third-order valence-electron chi connectivity index (χ3n) is 5.10. The van der Waals surface area contributed by atoms with E-state index in [4.69, 9.17) is 9.47 Å². The summed E-state index contributed by atoms with van der Waals surface area (Å²) in [6.07, 6.45) is 0.692. The van der Waals surface area contributed by atoms with Gasteiger partial charge in [0.1, 0.15) is 11.6 Å². The predicted molar refractivity (Wildman–Crippen MR) is 120 cm³/mol. The minimum atomic E-state index is -0.339. The monoisotopic (exact) mass is 434 g/mol. The lowest BCUT2D eigenvalue weighted by Gasteiger charge is -2.10. The highest BCUT2D eigenvalue weighted by molar-refractivity contribution is 6.10. The average Bonchev–Trinajstić information content (AvgIpc) is 3.26. The molecule has 0 spiro atoms. The highest BCUT2D eigenvalue weighted by atomic mass is 19.1. The fourth-order valence-corrected chi connectivity index (χ4v) is 3.45. The van der Waals surface area contributed by atoms with Gasteiger partial charge in [0.2, 0.25) is 0 Å². The number of pyridine rings is 1. The number of fused-ring (bicyclic) bond motifs is 1. The number of methoxy groups -OCH3 is 2. The van der Waals surface area contributed by atoms with Crippen LogP contribution < -0.4 is 10.1 Å². The summed E-state index contributed by atoms with van der Waals surface area (Å²) >= 11 is 0. The van der Waals surface area contributed by atoms with Gasteiger partial charge in [-0.15, -0.1) is 0 Å². The van der Waals surface area contributed by atoms with Crippen molar-refractivity contribution >= 4 is 16.9 Å². The maximum absolute atomic E-state index is 13.4. The molecule has 0 atom stereocenters. The van der Waals surface area contributed by atoms with Crippen molar-refractivity contribution in [3.8, 4) is 28.3 Å². The van der Waals surface area contributed by atoms with Gasteiger partial charge >= 0.3 is 0 Å². The molecule has 0 unspecified atom stereocenters. The Morgan fingerprint density at radius 2 is 1.78 bits per heavy atom. The normalized spacial score (nSPS) is 11.0. The smallest absolute Gasteiger partial charge is 0.252 e. The molecule has 0 aliphatic heterocycles. The summed E-state index contributed by atoms with van der Waals surface area (Å²) in [6, 6.07) is 15.2. The third kappa shape index (κ3) is 4.45. The number of nitrogens with zero attached hydrogens (tertiary/aromatic N) is 2. The molecular formula is C24H23FN4O3. The molecular weight excluding hydrogens is 411 g/mol. The van der Waals surface area contributed by atoms with E-state index in [9.17, 15) is 9.18 Å². The summed E-state index contributed by atoms with van der Waals surface area (Å²) in [5.74, 6) is 0.144. The van der Waals surface area contributed by atoms with Crippen molar-refractivity contribution in [2.24, 2.45) is 0 Å². The van der Waals surface area contributed by atoms with E-state index >= 15 is 0 Å². The molecule has 4 aromatic rings. The maximum Gasteiger partial charge on any atom is 0.252 e. The summed E-state index contributed by atoms with van der Waals surface area (Å²) in [4.78, 5) is 17.8. The number of hydrogen-bond donors (Lipinski definition) is 2. The molecule has 2 N–H and O–H groups in total. The van der Waals surface area contributed by atoms with E-state index in [2.05, 4.69) is 20.5 Å². The van der Waals surface area contributed by atoms with Gasteiger partial charge in [-0.2, -0.15) is 5.10 Å². The van der Waals surface area contributed by atoms with Gasteiger partial charge in [0.25, 0.3) is 5.91 Å². The number of benzene rings is 2. The van der Waals surface area contributed by atoms with Crippen LogP contribution in [-0.2, 0) is 4.74 Å². The molecule has 1 amide bonds. The molecule has 2 aromatic heterocycles. The molecule has 0 aliphatic rings. The molecule has 0 saturated heterocycles. The first-order valence-corrected chi connectivity index (χ1v) is 10.2. The number of nitrogens with one attached hydrogen (secondary N) is 2. The molecule has 0 aliphatic carbocycles. The van der Waals surface area contributed by atoms with E-state index in [1.807, 2.05) is 24.3 Å². The topological polar surface area (TPSA) is 89.1 Å². The Bertz CT molecular complexity index is 1220. The second kappa shape index (κ2) is 9.57. The van der Waals surface area contributed by atoms with Crippen molar-refractivity contribution in [2.45, 2.75) is 6.42 Å². The van der Waals surface area contributed by atoms with E-state index in [0.717, 1.165) is 11.3 Å². The van der Waals surface area contributed by atoms with Crippen LogP contribution >= 0.6 is 0 Å². The number of aromatic nitrogens is 3. The average molecular weight is 434 g/mol. The van der Waals surface area contributed by atoms with Crippen molar-refractivity contribution in [3.63, 3.8) is 0 Å². The highest BCUT2D eigenvalue weighted by Gasteiger charge is 2.20. The van der Waals surface area contributed by atoms with Gasteiger partial charge in [0.15, 0.2) is 5.65 Å². The quantitative estimate of drug-likeness (QED) is 0.406. The number of ether oxygens (including phenoxy) is 2. The molecule has 0 radical (unpaired) electrons. The van der Waals surface area contributed by atoms with E-state index < -0.39 is 0 Å². The number of carbonyl (C=O) groups excluding carboxylic acids is 1. The van der Waals surface area contributed by atoms with Crippen molar-refractivity contribution in [2.75, 3.05) is 27.4 Å². The van der Waals surface area contributed by atoms with Gasteiger partial charge in [-0.3, -0.25) is 9.89 Å². The Hall–Kier alpha value is -3.78. The number of H-pyrrole nitrogens is 1. The van der Waals surface area contributed by atoms with Gasteiger partial charge in [0, 0.05) is 31.4 Å². The van der Waals surface area contributed by atoms with Crippen LogP contribution in [0.1, 0.15) is 16.8 Å². The van der Waals surface area contributed by atoms with Crippen LogP contribution in [0, 0.1) is 5.82 Å². The molecule has 4 rings (SSSR count). The standard InChI is InChI=1S/C24H23FN4O3/c1-31-13-3-12-26-24(30)19-14-20(15-6-10-18(32-2)11-7-15)27-23-21(19)22(28-29-23)16-4-8-17(25)9-5-16/h4-11,14H,3,12-13H2,1-2H3,(H,26,30)(H,27,28,29). The molecule has 0 saturated carbocycles. The Balaban J connectivity index is 1.80. The van der Waals surface area contributed by atoms with Crippen molar-refractivity contribution in [1.82, 2.24) is 20.5 Å². The zero-order chi connectivity index (χ0) is 22.5. The van der Waals surface area contributed by atoms with Gasteiger partial charge < -0.3 is 14.8 Å². The first-order chi connectivity index (χ1) is 15.6. The summed E-state index contributed by atoms with van der Waals surface area (Å²) in [5, 5.41) is 10.8. The number of rotatable bonds is 8. The Labute approximate surface area is 184 Å². The Morgan fingerprint density at radius 3 is 2.47 bits per heavy atom. The van der Waals surface area contributed by atoms with Crippen LogP contribution in [0.15, 0.2) is 54.6 Å². The highest BCUT2D eigenvalue weighted by Crippen LogP contribution is 2.32. The van der Waals surface area contributed by atoms with E-state index in [1.54, 1.807) is 32.4 Å². The molecule has 2 heterocycles. The molecule has 0 fully saturated rings. The fraction of sp³-hybridized carbons (Fsp3) is 0.208. The molecule has 32 heavy (non-hydrogen) atoms. The molecule has 164 valence electrons. The second-order valence-electron chi connectivity index (χ2n) is 7.19. The summed E-state index contributed by atoms with van der Waals surface area (Å²) in [6.45, 7) is 1.02. The molecule has 8 heteroatoms. The summed E-state index contributed by atoms with van der Waals surface area (Å²) in [5.41, 5.74) is 3.59. The number of hydrogen-bond acceptors (Lipinski definition) is 5. The number of carbonyl (C=O) groups is 1. The van der Waals surface area contributed by atoms with Crippen LogP contribution in [0.4, 0.5) is 4.39 Å². The zero-order valence-corrected chi connectivity index (χ0v) is 17.8. The third-order valence-corrected chi connectivity index (χ3v) is 5.10. The first-order valence-electron chi connectivity index (χ1n) is 10.2. The van der Waals surface area contributed by atoms with Gasteiger partial charge in [-0.25, -0.2) is 9.37 Å². The van der Waals surface area contributed by atoms with Crippen LogP contribution in [0.3, 0.4) is 0 Å². The molecule has 2 aromatic carbocycles. The lowest BCUT2D eigenvalue weighted by atomic mass is 10.0. The van der Waals surface area contributed by atoms with Gasteiger partial charge in [0.05, 0.1) is 29.4 Å². The number of amides is 1. The maximum atomic E-state index is 13.4. The van der Waals surface area contributed by atoms with E-state index in [1.165, 1.54) is 12.1 Å². The van der Waals surface area contributed by atoms with Crippen LogP contribution in [0.2, 0.25) is 0 Å². The molecule has 7 nitrogen and oxygen atoms in total. The van der Waals surface area contributed by atoms with Gasteiger partial charge in [-0.05, 0) is 61.0 Å². The van der Waals surface area contributed by atoms with Crippen molar-refractivity contribution in [1.29, 1.82) is 0 Å². The Morgan fingerprint density at radius 1 is 1.06 bits per heavy atom. The number of halogens is 1. The largest absolute Gasteiger partial charge is 0.497 e.